The van der Waals surface area contributed by atoms with Crippen LogP contribution >= 0.6 is 23.2 Å². The number of carbonyl (C=O) groups is 2. The molecule has 0 amide bonds. The molecule has 2 aromatic rings. The summed E-state index contributed by atoms with van der Waals surface area (Å²) in [5.74, 6) is -0.858. The maximum absolute atomic E-state index is 12.1. The lowest BCUT2D eigenvalue weighted by Crippen LogP contribution is -2.20. The van der Waals surface area contributed by atoms with Crippen molar-refractivity contribution >= 4 is 35.1 Å². The van der Waals surface area contributed by atoms with Crippen molar-refractivity contribution in [2.45, 2.75) is 25.9 Å². The van der Waals surface area contributed by atoms with E-state index in [1.165, 1.54) is 0 Å². The Morgan fingerprint density at radius 2 is 1.36 bits per heavy atom. The highest BCUT2D eigenvalue weighted by Crippen LogP contribution is 2.14. The van der Waals surface area contributed by atoms with Crippen LogP contribution in [0.3, 0.4) is 0 Å². The van der Waals surface area contributed by atoms with Crippen LogP contribution in [0.15, 0.2) is 48.5 Å². The molecule has 132 valence electrons. The number of benzene rings is 2. The Kier molecular flexibility index (Phi) is 7.29. The molecule has 6 heteroatoms. The van der Waals surface area contributed by atoms with Crippen LogP contribution in [0.5, 0.6) is 0 Å². The Morgan fingerprint density at radius 1 is 0.880 bits per heavy atom. The number of carbonyl (C=O) groups excluding carboxylic acids is 2. The van der Waals surface area contributed by atoms with Gasteiger partial charge in [-0.25, -0.2) is 9.59 Å². The summed E-state index contributed by atoms with van der Waals surface area (Å²) in [5.41, 5.74) is 0.858. The summed E-state index contributed by atoms with van der Waals surface area (Å²) in [7, 11) is 0. The number of hydrogen-bond acceptors (Lipinski definition) is 4. The average Bonchev–Trinajstić information content (AvgIpc) is 2.61. The molecule has 0 aliphatic heterocycles. The van der Waals surface area contributed by atoms with E-state index in [9.17, 15) is 9.59 Å². The zero-order chi connectivity index (χ0) is 18.2. The summed E-state index contributed by atoms with van der Waals surface area (Å²) >= 11 is 11.6. The second kappa shape index (κ2) is 9.44. The Balaban J connectivity index is 1.81. The van der Waals surface area contributed by atoms with E-state index in [-0.39, 0.29) is 12.7 Å². The highest BCUT2D eigenvalue weighted by Gasteiger charge is 2.16. The summed E-state index contributed by atoms with van der Waals surface area (Å²) in [6, 6.07) is 12.9. The maximum atomic E-state index is 12.1. The van der Waals surface area contributed by atoms with E-state index in [1.54, 1.807) is 48.5 Å². The third-order valence-corrected chi connectivity index (χ3v) is 4.07. The van der Waals surface area contributed by atoms with Crippen molar-refractivity contribution in [3.8, 4) is 0 Å². The number of hydrogen-bond donors (Lipinski definition) is 0. The van der Waals surface area contributed by atoms with E-state index in [0.717, 1.165) is 0 Å². The van der Waals surface area contributed by atoms with Gasteiger partial charge in [0.1, 0.15) is 6.10 Å². The SMILES string of the molecule is CCC(CCOC(=O)c1ccc(Cl)cc1)OC(=O)c1ccc(Cl)cc1. The number of esters is 2. The third kappa shape index (κ3) is 6.07. The minimum absolute atomic E-state index is 0.161. The van der Waals surface area contributed by atoms with Crippen LogP contribution < -0.4 is 0 Å². The van der Waals surface area contributed by atoms with Crippen molar-refractivity contribution in [1.82, 2.24) is 0 Å². The zero-order valence-electron chi connectivity index (χ0n) is 13.7. The zero-order valence-corrected chi connectivity index (χ0v) is 15.2. The van der Waals surface area contributed by atoms with Crippen molar-refractivity contribution in [3.05, 3.63) is 69.7 Å². The summed E-state index contributed by atoms with van der Waals surface area (Å²) in [6.45, 7) is 2.06. The fraction of sp³-hybridized carbons (Fsp3) is 0.263. The molecule has 1 unspecified atom stereocenters. The summed E-state index contributed by atoms with van der Waals surface area (Å²) in [6.07, 6.45) is 0.716. The van der Waals surface area contributed by atoms with E-state index in [0.29, 0.717) is 34.0 Å². The van der Waals surface area contributed by atoms with Crippen LogP contribution in [0.1, 0.15) is 40.5 Å². The molecule has 2 aromatic carbocycles. The van der Waals surface area contributed by atoms with Crippen molar-refractivity contribution in [2.75, 3.05) is 6.61 Å². The molecule has 0 aromatic heterocycles. The highest BCUT2D eigenvalue weighted by atomic mass is 35.5. The quantitative estimate of drug-likeness (QED) is 0.621. The standard InChI is InChI=1S/C19H18Cl2O4/c1-2-17(25-19(23)14-5-9-16(21)10-6-14)11-12-24-18(22)13-3-7-15(20)8-4-13/h3-10,17H,2,11-12H2,1H3. The Bertz CT molecular complexity index is 711. The van der Waals surface area contributed by atoms with Gasteiger partial charge >= 0.3 is 11.9 Å². The molecule has 0 N–H and O–H groups in total. The largest absolute Gasteiger partial charge is 0.462 e. The monoisotopic (exact) mass is 380 g/mol. The van der Waals surface area contributed by atoms with Crippen molar-refractivity contribution in [2.24, 2.45) is 0 Å². The van der Waals surface area contributed by atoms with Gasteiger partial charge in [0.2, 0.25) is 0 Å². The van der Waals surface area contributed by atoms with Crippen LogP contribution in [-0.2, 0) is 9.47 Å². The second-order valence-electron chi connectivity index (χ2n) is 5.37. The van der Waals surface area contributed by atoms with E-state index in [4.69, 9.17) is 32.7 Å². The second-order valence-corrected chi connectivity index (χ2v) is 6.25. The molecule has 0 radical (unpaired) electrons. The van der Waals surface area contributed by atoms with Gasteiger partial charge in [0.05, 0.1) is 17.7 Å². The topological polar surface area (TPSA) is 52.6 Å². The smallest absolute Gasteiger partial charge is 0.338 e. The first-order valence-electron chi connectivity index (χ1n) is 7.89. The van der Waals surface area contributed by atoms with Crippen LogP contribution in [0.2, 0.25) is 10.0 Å². The van der Waals surface area contributed by atoms with E-state index in [1.807, 2.05) is 6.92 Å². The maximum Gasteiger partial charge on any atom is 0.338 e. The normalized spacial score (nSPS) is 11.6. The molecule has 2 rings (SSSR count). The first kappa shape index (κ1) is 19.3. The lowest BCUT2D eigenvalue weighted by molar-refractivity contribution is 0.0177. The average molecular weight is 381 g/mol. The summed E-state index contributed by atoms with van der Waals surface area (Å²) in [4.78, 5) is 24.0. The Labute approximate surface area is 156 Å². The lowest BCUT2D eigenvalue weighted by atomic mass is 10.2. The Hall–Kier alpha value is -2.04. The third-order valence-electron chi connectivity index (χ3n) is 3.56. The molecule has 0 spiro atoms. The van der Waals surface area contributed by atoms with Crippen LogP contribution in [0.4, 0.5) is 0 Å². The summed E-state index contributed by atoms with van der Waals surface area (Å²) in [5, 5.41) is 1.11. The highest BCUT2D eigenvalue weighted by molar-refractivity contribution is 6.30. The fourth-order valence-corrected chi connectivity index (χ4v) is 2.36. The van der Waals surface area contributed by atoms with Crippen molar-refractivity contribution < 1.29 is 19.1 Å². The molecule has 25 heavy (non-hydrogen) atoms. The molecular formula is C19H18Cl2O4. The van der Waals surface area contributed by atoms with Crippen molar-refractivity contribution in [1.29, 1.82) is 0 Å². The van der Waals surface area contributed by atoms with Gasteiger partial charge in [0, 0.05) is 16.5 Å². The molecule has 0 bridgehead atoms. The predicted molar refractivity (Wildman–Crippen MR) is 97.3 cm³/mol. The van der Waals surface area contributed by atoms with Gasteiger partial charge < -0.3 is 9.47 Å². The van der Waals surface area contributed by atoms with Gasteiger partial charge in [-0.05, 0) is 55.0 Å². The van der Waals surface area contributed by atoms with E-state index < -0.39 is 11.9 Å². The van der Waals surface area contributed by atoms with Gasteiger partial charge in [-0.1, -0.05) is 30.1 Å². The van der Waals surface area contributed by atoms with Crippen LogP contribution in [0.25, 0.3) is 0 Å². The minimum Gasteiger partial charge on any atom is -0.462 e. The molecular weight excluding hydrogens is 363 g/mol. The van der Waals surface area contributed by atoms with Crippen molar-refractivity contribution in [3.63, 3.8) is 0 Å². The lowest BCUT2D eigenvalue weighted by Gasteiger charge is -2.16. The Morgan fingerprint density at radius 3 is 1.84 bits per heavy atom. The van der Waals surface area contributed by atoms with Gasteiger partial charge in [0.15, 0.2) is 0 Å². The van der Waals surface area contributed by atoms with Gasteiger partial charge in [0.25, 0.3) is 0 Å². The minimum atomic E-state index is -0.435. The van der Waals surface area contributed by atoms with Gasteiger partial charge in [-0.3, -0.25) is 0 Å². The number of halogens is 2. The number of rotatable bonds is 7. The molecule has 1 atom stereocenters. The first-order valence-corrected chi connectivity index (χ1v) is 8.64. The molecule has 0 aliphatic rings. The van der Waals surface area contributed by atoms with E-state index in [2.05, 4.69) is 0 Å². The molecule has 0 aliphatic carbocycles. The molecule has 0 saturated heterocycles. The molecule has 0 saturated carbocycles. The van der Waals surface area contributed by atoms with Gasteiger partial charge in [-0.15, -0.1) is 0 Å². The fourth-order valence-electron chi connectivity index (χ4n) is 2.10. The van der Waals surface area contributed by atoms with E-state index >= 15 is 0 Å². The predicted octanol–water partition coefficient (Wildman–Crippen LogP) is 5.18. The summed E-state index contributed by atoms with van der Waals surface area (Å²) < 4.78 is 10.7. The van der Waals surface area contributed by atoms with Gasteiger partial charge in [-0.2, -0.15) is 0 Å². The van der Waals surface area contributed by atoms with Crippen LogP contribution in [0, 0.1) is 0 Å². The molecule has 0 heterocycles. The molecule has 4 nitrogen and oxygen atoms in total. The molecule has 0 fully saturated rings. The first-order chi connectivity index (χ1) is 12.0. The number of ether oxygens (including phenoxy) is 2. The van der Waals surface area contributed by atoms with Crippen LogP contribution in [-0.4, -0.2) is 24.6 Å².